The summed E-state index contributed by atoms with van der Waals surface area (Å²) in [5, 5.41) is 1.17. The van der Waals surface area contributed by atoms with E-state index in [1.54, 1.807) is 0 Å². The van der Waals surface area contributed by atoms with Gasteiger partial charge in [0.15, 0.2) is 0 Å². The van der Waals surface area contributed by atoms with Crippen LogP contribution in [0.3, 0.4) is 0 Å². The van der Waals surface area contributed by atoms with Crippen LogP contribution in [-0.2, 0) is 5.41 Å². The number of rotatable bonds is 3. The molecular formula is C31H27N. The van der Waals surface area contributed by atoms with E-state index in [0.29, 0.717) is 0 Å². The fraction of sp³-hybridized carbons (Fsp3) is 0.129. The predicted octanol–water partition coefficient (Wildman–Crippen LogP) is 8.53. The van der Waals surface area contributed by atoms with Gasteiger partial charge in [0.05, 0.1) is 5.52 Å². The molecule has 1 heteroatoms. The molecule has 0 fully saturated rings. The van der Waals surface area contributed by atoms with Gasteiger partial charge in [0.25, 0.3) is 0 Å². The van der Waals surface area contributed by atoms with Crippen LogP contribution in [0.15, 0.2) is 109 Å². The minimum atomic E-state index is 0.0775. The molecule has 0 aliphatic rings. The lowest BCUT2D eigenvalue weighted by molar-refractivity contribution is 0.590. The first kappa shape index (κ1) is 20.2. The summed E-state index contributed by atoms with van der Waals surface area (Å²) < 4.78 is 0. The van der Waals surface area contributed by atoms with Crippen molar-refractivity contribution in [1.29, 1.82) is 0 Å². The van der Waals surface area contributed by atoms with Crippen molar-refractivity contribution in [3.8, 4) is 33.4 Å². The van der Waals surface area contributed by atoms with Crippen LogP contribution in [0.1, 0.15) is 26.3 Å². The monoisotopic (exact) mass is 413 g/mol. The first-order valence-corrected chi connectivity index (χ1v) is 11.1. The SMILES string of the molecule is CC(C)(C)c1cc(-c2ccccc2)cc(-c2ccc(-c3cccc4cccnc34)cc2)c1. The highest BCUT2D eigenvalue weighted by molar-refractivity contribution is 5.93. The Kier molecular flexibility index (Phi) is 5.11. The van der Waals surface area contributed by atoms with E-state index in [1.807, 2.05) is 12.3 Å². The molecule has 0 saturated heterocycles. The molecule has 5 aromatic rings. The fourth-order valence-electron chi connectivity index (χ4n) is 4.20. The van der Waals surface area contributed by atoms with E-state index in [4.69, 9.17) is 0 Å². The Morgan fingerprint density at radius 2 is 1.16 bits per heavy atom. The van der Waals surface area contributed by atoms with Gasteiger partial charge in [-0.25, -0.2) is 0 Å². The van der Waals surface area contributed by atoms with E-state index in [1.165, 1.54) is 44.3 Å². The van der Waals surface area contributed by atoms with Crippen LogP contribution >= 0.6 is 0 Å². The summed E-state index contributed by atoms with van der Waals surface area (Å²) in [5.74, 6) is 0. The minimum Gasteiger partial charge on any atom is -0.256 e. The molecule has 32 heavy (non-hydrogen) atoms. The molecule has 1 heterocycles. The summed E-state index contributed by atoms with van der Waals surface area (Å²) in [5.41, 5.74) is 9.81. The zero-order valence-corrected chi connectivity index (χ0v) is 18.8. The normalized spacial score (nSPS) is 11.6. The number of para-hydroxylation sites is 1. The number of pyridine rings is 1. The van der Waals surface area contributed by atoms with E-state index in [0.717, 1.165) is 5.52 Å². The summed E-state index contributed by atoms with van der Waals surface area (Å²) in [7, 11) is 0. The highest BCUT2D eigenvalue weighted by Gasteiger charge is 2.16. The lowest BCUT2D eigenvalue weighted by atomic mass is 9.83. The Morgan fingerprint density at radius 1 is 0.531 bits per heavy atom. The highest BCUT2D eigenvalue weighted by atomic mass is 14.6. The molecular weight excluding hydrogens is 386 g/mol. The number of benzene rings is 4. The van der Waals surface area contributed by atoms with E-state index in [2.05, 4.69) is 123 Å². The zero-order valence-electron chi connectivity index (χ0n) is 18.8. The molecule has 0 aliphatic carbocycles. The van der Waals surface area contributed by atoms with Crippen LogP contribution in [0.4, 0.5) is 0 Å². The molecule has 0 bridgehead atoms. The van der Waals surface area contributed by atoms with Gasteiger partial charge in [0.1, 0.15) is 0 Å². The first-order chi connectivity index (χ1) is 15.5. The minimum absolute atomic E-state index is 0.0775. The number of aromatic nitrogens is 1. The van der Waals surface area contributed by atoms with Gasteiger partial charge in [0, 0.05) is 17.1 Å². The second-order valence-corrected chi connectivity index (χ2v) is 9.37. The van der Waals surface area contributed by atoms with Gasteiger partial charge in [-0.05, 0) is 50.9 Å². The number of nitrogens with zero attached hydrogens (tertiary/aromatic N) is 1. The third kappa shape index (κ3) is 3.94. The van der Waals surface area contributed by atoms with Crippen molar-refractivity contribution < 1.29 is 0 Å². The van der Waals surface area contributed by atoms with E-state index < -0.39 is 0 Å². The maximum atomic E-state index is 4.62. The van der Waals surface area contributed by atoms with Crippen molar-refractivity contribution >= 4 is 10.9 Å². The van der Waals surface area contributed by atoms with E-state index in [9.17, 15) is 0 Å². The molecule has 0 atom stereocenters. The Hall–Kier alpha value is -3.71. The second kappa shape index (κ2) is 8.09. The highest BCUT2D eigenvalue weighted by Crippen LogP contribution is 2.35. The van der Waals surface area contributed by atoms with Gasteiger partial charge in [-0.1, -0.05) is 112 Å². The molecule has 1 aromatic heterocycles. The van der Waals surface area contributed by atoms with Gasteiger partial charge < -0.3 is 0 Å². The molecule has 0 aliphatic heterocycles. The summed E-state index contributed by atoms with van der Waals surface area (Å²) in [6.07, 6.45) is 1.86. The molecule has 1 nitrogen and oxygen atoms in total. The van der Waals surface area contributed by atoms with E-state index in [-0.39, 0.29) is 5.41 Å². The van der Waals surface area contributed by atoms with Gasteiger partial charge in [-0.3, -0.25) is 4.98 Å². The summed E-state index contributed by atoms with van der Waals surface area (Å²) in [4.78, 5) is 4.62. The van der Waals surface area contributed by atoms with Crippen LogP contribution in [0.5, 0.6) is 0 Å². The summed E-state index contributed by atoms with van der Waals surface area (Å²) in [6.45, 7) is 6.83. The summed E-state index contributed by atoms with van der Waals surface area (Å²) in [6, 6.07) is 37.0. The summed E-state index contributed by atoms with van der Waals surface area (Å²) >= 11 is 0. The van der Waals surface area contributed by atoms with Crippen molar-refractivity contribution in [3.05, 3.63) is 115 Å². The maximum Gasteiger partial charge on any atom is 0.0780 e. The molecule has 0 spiro atoms. The largest absolute Gasteiger partial charge is 0.256 e. The molecule has 0 amide bonds. The lowest BCUT2D eigenvalue weighted by Gasteiger charge is -2.22. The van der Waals surface area contributed by atoms with Crippen molar-refractivity contribution in [2.24, 2.45) is 0 Å². The smallest absolute Gasteiger partial charge is 0.0780 e. The average Bonchev–Trinajstić information content (AvgIpc) is 2.83. The molecule has 0 unspecified atom stereocenters. The molecule has 5 rings (SSSR count). The van der Waals surface area contributed by atoms with Crippen molar-refractivity contribution in [2.75, 3.05) is 0 Å². The third-order valence-electron chi connectivity index (χ3n) is 6.07. The Morgan fingerprint density at radius 3 is 1.84 bits per heavy atom. The maximum absolute atomic E-state index is 4.62. The third-order valence-corrected chi connectivity index (χ3v) is 6.07. The topological polar surface area (TPSA) is 12.9 Å². The molecule has 0 saturated carbocycles. The standard InChI is InChI=1S/C31H27N/c1-31(2,3)28-20-26(22-9-5-4-6-10-22)19-27(21-28)23-14-16-24(17-15-23)29-13-7-11-25-12-8-18-32-30(25)29/h4-21H,1-3H3. The number of hydrogen-bond acceptors (Lipinski definition) is 1. The van der Waals surface area contributed by atoms with Gasteiger partial charge >= 0.3 is 0 Å². The quantitative estimate of drug-likeness (QED) is 0.289. The van der Waals surface area contributed by atoms with Crippen LogP contribution in [0.25, 0.3) is 44.3 Å². The molecule has 0 N–H and O–H groups in total. The first-order valence-electron chi connectivity index (χ1n) is 11.1. The van der Waals surface area contributed by atoms with Crippen LogP contribution < -0.4 is 0 Å². The van der Waals surface area contributed by atoms with Crippen molar-refractivity contribution in [3.63, 3.8) is 0 Å². The van der Waals surface area contributed by atoms with Crippen LogP contribution in [0, 0.1) is 0 Å². The van der Waals surface area contributed by atoms with Crippen LogP contribution in [-0.4, -0.2) is 4.98 Å². The lowest BCUT2D eigenvalue weighted by Crippen LogP contribution is -2.11. The van der Waals surface area contributed by atoms with Crippen LogP contribution in [0.2, 0.25) is 0 Å². The van der Waals surface area contributed by atoms with Crippen molar-refractivity contribution in [2.45, 2.75) is 26.2 Å². The Labute approximate surface area is 190 Å². The van der Waals surface area contributed by atoms with E-state index >= 15 is 0 Å². The molecule has 156 valence electrons. The molecule has 0 radical (unpaired) electrons. The van der Waals surface area contributed by atoms with Gasteiger partial charge in [0.2, 0.25) is 0 Å². The second-order valence-electron chi connectivity index (χ2n) is 9.37. The number of hydrogen-bond donors (Lipinski definition) is 0. The van der Waals surface area contributed by atoms with Gasteiger partial charge in [-0.2, -0.15) is 0 Å². The number of fused-ring (bicyclic) bond motifs is 1. The molecule has 4 aromatic carbocycles. The van der Waals surface area contributed by atoms with Gasteiger partial charge in [-0.15, -0.1) is 0 Å². The average molecular weight is 414 g/mol. The Balaban J connectivity index is 1.59. The Bertz CT molecular complexity index is 1370. The predicted molar refractivity (Wildman–Crippen MR) is 137 cm³/mol. The van der Waals surface area contributed by atoms with Crippen molar-refractivity contribution in [1.82, 2.24) is 4.98 Å². The fourth-order valence-corrected chi connectivity index (χ4v) is 4.20. The zero-order chi connectivity index (χ0) is 22.1.